The molecule has 1 amide bonds. The van der Waals surface area contributed by atoms with E-state index in [1.807, 2.05) is 0 Å². The van der Waals surface area contributed by atoms with Crippen molar-refractivity contribution in [1.29, 1.82) is 0 Å². The second kappa shape index (κ2) is 9.03. The van der Waals surface area contributed by atoms with Crippen LogP contribution in [0.2, 0.25) is 0 Å². The van der Waals surface area contributed by atoms with Crippen LogP contribution < -0.4 is 15.8 Å². The predicted molar refractivity (Wildman–Crippen MR) is 92.8 cm³/mol. The first kappa shape index (κ1) is 20.2. The van der Waals surface area contributed by atoms with Gasteiger partial charge in [0.2, 0.25) is 15.9 Å². The Morgan fingerprint density at radius 2 is 1.88 bits per heavy atom. The molecule has 0 saturated carbocycles. The molecule has 1 unspecified atom stereocenters. The molecule has 1 fully saturated rings. The number of rotatable bonds is 8. The number of benzene rings is 1. The summed E-state index contributed by atoms with van der Waals surface area (Å²) in [6, 6.07) is 3.89. The van der Waals surface area contributed by atoms with E-state index in [4.69, 9.17) is 10.5 Å². The third-order valence-corrected chi connectivity index (χ3v) is 5.63. The van der Waals surface area contributed by atoms with Gasteiger partial charge in [0.05, 0.1) is 15.9 Å². The van der Waals surface area contributed by atoms with Crippen molar-refractivity contribution in [3.8, 4) is 0 Å². The number of amides is 1. The fourth-order valence-corrected chi connectivity index (χ4v) is 3.64. The molecule has 11 heteroatoms. The summed E-state index contributed by atoms with van der Waals surface area (Å²) < 4.78 is 31.8. The molecular formula is C15H22N4O6S. The van der Waals surface area contributed by atoms with Gasteiger partial charge in [-0.1, -0.05) is 0 Å². The van der Waals surface area contributed by atoms with E-state index in [0.29, 0.717) is 13.2 Å². The first-order valence-corrected chi connectivity index (χ1v) is 9.65. The lowest BCUT2D eigenvalue weighted by atomic mass is 9.92. The molecule has 0 bridgehead atoms. The number of nitrogens with zero attached hydrogens (tertiary/aromatic N) is 1. The summed E-state index contributed by atoms with van der Waals surface area (Å²) in [5.74, 6) is -0.271. The second-order valence-electron chi connectivity index (χ2n) is 5.92. The van der Waals surface area contributed by atoms with Gasteiger partial charge in [-0.25, -0.2) is 13.1 Å². The fraction of sp³-hybridized carbons (Fsp3) is 0.533. The minimum Gasteiger partial charge on any atom is -0.381 e. The maximum absolute atomic E-state index is 12.1. The van der Waals surface area contributed by atoms with Crippen LogP contribution in [0.25, 0.3) is 0 Å². The zero-order chi connectivity index (χ0) is 19.2. The molecule has 1 heterocycles. The Morgan fingerprint density at radius 1 is 1.27 bits per heavy atom. The van der Waals surface area contributed by atoms with Crippen LogP contribution in [-0.2, 0) is 19.6 Å². The van der Waals surface area contributed by atoms with Gasteiger partial charge in [-0.15, -0.1) is 0 Å². The van der Waals surface area contributed by atoms with Gasteiger partial charge in [-0.3, -0.25) is 14.9 Å². The highest BCUT2D eigenvalue weighted by molar-refractivity contribution is 7.89. The highest BCUT2D eigenvalue weighted by Crippen LogP contribution is 2.17. The van der Waals surface area contributed by atoms with Gasteiger partial charge in [-0.2, -0.15) is 0 Å². The maximum Gasteiger partial charge on any atom is 0.269 e. The molecule has 0 aromatic heterocycles. The van der Waals surface area contributed by atoms with Gasteiger partial charge in [-0.05, 0) is 30.9 Å². The Bertz CT molecular complexity index is 731. The van der Waals surface area contributed by atoms with Gasteiger partial charge in [0.15, 0.2) is 0 Å². The predicted octanol–water partition coefficient (Wildman–Crippen LogP) is -0.257. The first-order chi connectivity index (χ1) is 12.3. The number of hydrogen-bond donors (Lipinski definition) is 3. The summed E-state index contributed by atoms with van der Waals surface area (Å²) >= 11 is 0. The van der Waals surface area contributed by atoms with E-state index in [-0.39, 0.29) is 35.5 Å². The standard InChI is InChI=1S/C15H22N4O6S/c16-14(11-5-9-25-10-6-11)15(20)17-7-8-18-26(23,24)13-3-1-12(2-4-13)19(21)22/h1-4,11,14,18H,5-10,16H2,(H,17,20). The zero-order valence-corrected chi connectivity index (χ0v) is 14.9. The SMILES string of the molecule is NC(C(=O)NCCNS(=O)(=O)c1ccc([N+](=O)[O-])cc1)C1CCOCC1. The Morgan fingerprint density at radius 3 is 2.46 bits per heavy atom. The summed E-state index contributed by atoms with van der Waals surface area (Å²) in [4.78, 5) is 21.9. The van der Waals surface area contributed by atoms with Crippen LogP contribution in [0.4, 0.5) is 5.69 Å². The largest absolute Gasteiger partial charge is 0.381 e. The number of nitro benzene ring substituents is 1. The second-order valence-corrected chi connectivity index (χ2v) is 7.68. The van der Waals surface area contributed by atoms with Crippen LogP contribution in [0.1, 0.15) is 12.8 Å². The summed E-state index contributed by atoms with van der Waals surface area (Å²) in [6.45, 7) is 1.23. The lowest BCUT2D eigenvalue weighted by Gasteiger charge is -2.26. The third kappa shape index (κ3) is 5.46. The molecule has 1 atom stereocenters. The van der Waals surface area contributed by atoms with Gasteiger partial charge >= 0.3 is 0 Å². The van der Waals surface area contributed by atoms with E-state index < -0.39 is 21.0 Å². The van der Waals surface area contributed by atoms with Crippen LogP contribution in [0.3, 0.4) is 0 Å². The van der Waals surface area contributed by atoms with Crippen molar-refractivity contribution in [2.24, 2.45) is 11.7 Å². The van der Waals surface area contributed by atoms with Crippen molar-refractivity contribution in [1.82, 2.24) is 10.0 Å². The average Bonchev–Trinajstić information content (AvgIpc) is 2.65. The Hall–Kier alpha value is -2.08. The molecule has 1 aliphatic rings. The quantitative estimate of drug-likeness (QED) is 0.316. The molecule has 26 heavy (non-hydrogen) atoms. The zero-order valence-electron chi connectivity index (χ0n) is 14.1. The third-order valence-electron chi connectivity index (χ3n) is 4.15. The Kier molecular flexibility index (Phi) is 7.03. The summed E-state index contributed by atoms with van der Waals surface area (Å²) in [7, 11) is -3.81. The summed E-state index contributed by atoms with van der Waals surface area (Å²) in [5, 5.41) is 13.2. The highest BCUT2D eigenvalue weighted by atomic mass is 32.2. The molecule has 2 rings (SSSR count). The molecule has 0 radical (unpaired) electrons. The summed E-state index contributed by atoms with van der Waals surface area (Å²) in [5.41, 5.74) is 5.73. The van der Waals surface area contributed by atoms with Crippen LogP contribution in [0, 0.1) is 16.0 Å². The highest BCUT2D eigenvalue weighted by Gasteiger charge is 2.26. The topological polar surface area (TPSA) is 154 Å². The number of nitrogens with one attached hydrogen (secondary N) is 2. The number of carbonyl (C=O) groups excluding carboxylic acids is 1. The van der Waals surface area contributed by atoms with Crippen molar-refractivity contribution < 1.29 is 22.9 Å². The smallest absolute Gasteiger partial charge is 0.269 e. The number of hydrogen-bond acceptors (Lipinski definition) is 7. The molecule has 4 N–H and O–H groups in total. The number of nitro groups is 1. The lowest BCUT2D eigenvalue weighted by molar-refractivity contribution is -0.384. The number of ether oxygens (including phenoxy) is 1. The van der Waals surface area contributed by atoms with Crippen LogP contribution >= 0.6 is 0 Å². The minimum absolute atomic E-state index is 0.0223. The van der Waals surface area contributed by atoms with E-state index in [2.05, 4.69) is 10.0 Å². The van der Waals surface area contributed by atoms with E-state index in [1.54, 1.807) is 0 Å². The molecule has 1 saturated heterocycles. The molecule has 1 aromatic rings. The first-order valence-electron chi connectivity index (χ1n) is 8.16. The molecule has 0 aliphatic carbocycles. The fourth-order valence-electron chi connectivity index (χ4n) is 2.61. The molecule has 144 valence electrons. The Labute approximate surface area is 151 Å². The van der Waals surface area contributed by atoms with Crippen molar-refractivity contribution in [2.45, 2.75) is 23.8 Å². The van der Waals surface area contributed by atoms with Crippen molar-refractivity contribution >= 4 is 21.6 Å². The summed E-state index contributed by atoms with van der Waals surface area (Å²) in [6.07, 6.45) is 1.45. The van der Waals surface area contributed by atoms with Crippen LogP contribution in [0.15, 0.2) is 29.2 Å². The number of nitrogens with two attached hydrogens (primary N) is 1. The molecule has 1 aliphatic heterocycles. The van der Waals surface area contributed by atoms with Gasteiger partial charge < -0.3 is 15.8 Å². The van der Waals surface area contributed by atoms with Crippen molar-refractivity contribution in [3.63, 3.8) is 0 Å². The number of sulfonamides is 1. The average molecular weight is 386 g/mol. The monoisotopic (exact) mass is 386 g/mol. The van der Waals surface area contributed by atoms with Crippen LogP contribution in [0.5, 0.6) is 0 Å². The van der Waals surface area contributed by atoms with Crippen molar-refractivity contribution in [3.05, 3.63) is 34.4 Å². The van der Waals surface area contributed by atoms with E-state index in [9.17, 15) is 23.3 Å². The lowest BCUT2D eigenvalue weighted by Crippen LogP contribution is -2.48. The van der Waals surface area contributed by atoms with Gasteiger partial charge in [0.1, 0.15) is 0 Å². The Balaban J connectivity index is 1.78. The van der Waals surface area contributed by atoms with Gasteiger partial charge in [0, 0.05) is 38.4 Å². The van der Waals surface area contributed by atoms with E-state index in [1.165, 1.54) is 0 Å². The van der Waals surface area contributed by atoms with Crippen molar-refractivity contribution in [2.75, 3.05) is 26.3 Å². The van der Waals surface area contributed by atoms with Gasteiger partial charge in [0.25, 0.3) is 5.69 Å². The number of carbonyl (C=O) groups is 1. The minimum atomic E-state index is -3.81. The molecular weight excluding hydrogens is 364 g/mol. The maximum atomic E-state index is 12.1. The van der Waals surface area contributed by atoms with E-state index >= 15 is 0 Å². The van der Waals surface area contributed by atoms with Crippen LogP contribution in [-0.4, -0.2) is 51.6 Å². The molecule has 0 spiro atoms. The van der Waals surface area contributed by atoms with E-state index in [0.717, 1.165) is 37.1 Å². The molecule has 1 aromatic carbocycles. The number of non-ortho nitro benzene ring substituents is 1. The normalized spacial score (nSPS) is 16.8. The molecule has 10 nitrogen and oxygen atoms in total.